The summed E-state index contributed by atoms with van der Waals surface area (Å²) in [6.07, 6.45) is 3.76. The molecule has 152 valence electrons. The zero-order valence-corrected chi connectivity index (χ0v) is 17.8. The normalized spacial score (nSPS) is 30.3. The standard InChI is InChI=1S/C22H15BrClNO5/c23-14-7-16(27)19-13(20(14)28)6-12-9(3-4-11-18(12)22(30)25-21(11)29)17(19)10-2-1-8(26)5-15(10)24/h1-3,5,7,11-12,17-18,26H,4,6H2,(H,25,29,30)/t11-,12+,17+,18-/m0/s1. The zero-order valence-electron chi connectivity index (χ0n) is 15.4. The van der Waals surface area contributed by atoms with Gasteiger partial charge in [0.2, 0.25) is 11.8 Å². The Hall–Kier alpha value is -2.51. The van der Waals surface area contributed by atoms with Crippen molar-refractivity contribution in [3.05, 3.63) is 62.1 Å². The number of fused-ring (bicyclic) bond motifs is 3. The second kappa shape index (κ2) is 6.75. The number of phenols is 1. The molecule has 0 unspecified atom stereocenters. The fraction of sp³-hybridized carbons (Fsp3) is 0.273. The molecule has 2 amide bonds. The van der Waals surface area contributed by atoms with Crippen LogP contribution in [-0.2, 0) is 19.2 Å². The number of halogens is 2. The Morgan fingerprint density at radius 1 is 1.10 bits per heavy atom. The molecule has 0 aromatic heterocycles. The van der Waals surface area contributed by atoms with Gasteiger partial charge in [0.05, 0.1) is 16.3 Å². The maximum atomic E-state index is 13.0. The fourth-order valence-electron chi connectivity index (χ4n) is 5.22. The molecule has 0 radical (unpaired) electrons. The average Bonchev–Trinajstić information content (AvgIpc) is 2.99. The van der Waals surface area contributed by atoms with Gasteiger partial charge in [-0.2, -0.15) is 0 Å². The molecular weight excluding hydrogens is 474 g/mol. The molecule has 0 saturated carbocycles. The van der Waals surface area contributed by atoms with E-state index in [1.165, 1.54) is 18.2 Å². The number of carbonyl (C=O) groups excluding carboxylic acids is 4. The zero-order chi connectivity index (χ0) is 21.3. The number of aromatic hydroxyl groups is 1. The summed E-state index contributed by atoms with van der Waals surface area (Å²) in [5.74, 6) is -3.32. The Labute approximate surface area is 184 Å². The van der Waals surface area contributed by atoms with E-state index < -0.39 is 17.8 Å². The molecule has 1 aromatic carbocycles. The Morgan fingerprint density at radius 3 is 2.60 bits per heavy atom. The molecule has 3 aliphatic carbocycles. The third-order valence-electron chi connectivity index (χ3n) is 6.47. The summed E-state index contributed by atoms with van der Waals surface area (Å²) in [4.78, 5) is 50.8. The monoisotopic (exact) mass is 487 g/mol. The third kappa shape index (κ3) is 2.68. The highest BCUT2D eigenvalue weighted by Gasteiger charge is 2.53. The van der Waals surface area contributed by atoms with Gasteiger partial charge < -0.3 is 5.11 Å². The van der Waals surface area contributed by atoms with E-state index in [9.17, 15) is 24.3 Å². The van der Waals surface area contributed by atoms with Crippen LogP contribution in [0.15, 0.2) is 51.6 Å². The smallest absolute Gasteiger partial charge is 0.231 e. The Bertz CT molecular complexity index is 1160. The molecule has 2 N–H and O–H groups in total. The van der Waals surface area contributed by atoms with Crippen LogP contribution in [0.2, 0.25) is 5.02 Å². The third-order valence-corrected chi connectivity index (χ3v) is 7.39. The Balaban J connectivity index is 1.74. The number of hydrogen-bond donors (Lipinski definition) is 2. The minimum Gasteiger partial charge on any atom is -0.508 e. The van der Waals surface area contributed by atoms with Gasteiger partial charge in [-0.15, -0.1) is 0 Å². The number of Topliss-reactive ketones (excluding diaryl/α,β-unsaturated/α-hetero) is 1. The summed E-state index contributed by atoms with van der Waals surface area (Å²) < 4.78 is 0.175. The van der Waals surface area contributed by atoms with Crippen molar-refractivity contribution >= 4 is 50.9 Å². The highest BCUT2D eigenvalue weighted by Crippen LogP contribution is 2.55. The highest BCUT2D eigenvalue weighted by atomic mass is 79.9. The quantitative estimate of drug-likeness (QED) is 0.359. The van der Waals surface area contributed by atoms with Crippen molar-refractivity contribution in [2.75, 3.05) is 0 Å². The lowest BCUT2D eigenvalue weighted by atomic mass is 9.59. The summed E-state index contributed by atoms with van der Waals surface area (Å²) in [6, 6.07) is 4.50. The molecular formula is C22H15BrClNO5. The second-order valence-corrected chi connectivity index (χ2v) is 9.21. The van der Waals surface area contributed by atoms with Gasteiger partial charge in [-0.25, -0.2) is 0 Å². The van der Waals surface area contributed by atoms with Gasteiger partial charge in [-0.1, -0.05) is 29.3 Å². The van der Waals surface area contributed by atoms with Crippen LogP contribution in [-0.4, -0.2) is 28.5 Å². The van der Waals surface area contributed by atoms with Crippen molar-refractivity contribution in [2.24, 2.45) is 17.8 Å². The van der Waals surface area contributed by atoms with Crippen molar-refractivity contribution in [2.45, 2.75) is 18.8 Å². The predicted octanol–water partition coefficient (Wildman–Crippen LogP) is 3.10. The van der Waals surface area contributed by atoms with Crippen LogP contribution in [0.4, 0.5) is 0 Å². The number of hydrogen-bond acceptors (Lipinski definition) is 5. The molecule has 5 rings (SSSR count). The largest absolute Gasteiger partial charge is 0.508 e. The van der Waals surface area contributed by atoms with Crippen molar-refractivity contribution < 1.29 is 24.3 Å². The van der Waals surface area contributed by atoms with Crippen LogP contribution in [0, 0.1) is 17.8 Å². The van der Waals surface area contributed by atoms with E-state index in [-0.39, 0.29) is 51.0 Å². The molecule has 1 fully saturated rings. The number of amides is 2. The lowest BCUT2D eigenvalue weighted by Gasteiger charge is -2.42. The molecule has 30 heavy (non-hydrogen) atoms. The highest BCUT2D eigenvalue weighted by molar-refractivity contribution is 9.12. The lowest BCUT2D eigenvalue weighted by molar-refractivity contribution is -0.126. The number of imide groups is 1. The molecule has 0 spiro atoms. The van der Waals surface area contributed by atoms with E-state index in [0.717, 1.165) is 5.57 Å². The summed E-state index contributed by atoms with van der Waals surface area (Å²) in [5.41, 5.74) is 2.09. The molecule has 4 atom stereocenters. The van der Waals surface area contributed by atoms with Crippen molar-refractivity contribution in [1.29, 1.82) is 0 Å². The molecule has 1 aromatic rings. The predicted molar refractivity (Wildman–Crippen MR) is 111 cm³/mol. The summed E-state index contributed by atoms with van der Waals surface area (Å²) in [5, 5.41) is 12.4. The molecule has 0 bridgehead atoms. The van der Waals surface area contributed by atoms with E-state index in [1.807, 2.05) is 6.08 Å². The van der Waals surface area contributed by atoms with E-state index in [4.69, 9.17) is 11.6 Å². The molecule has 6 nitrogen and oxygen atoms in total. The molecule has 4 aliphatic rings. The first-order chi connectivity index (χ1) is 14.3. The van der Waals surface area contributed by atoms with Crippen LogP contribution >= 0.6 is 27.5 Å². The van der Waals surface area contributed by atoms with E-state index in [1.54, 1.807) is 6.07 Å². The van der Waals surface area contributed by atoms with Crippen LogP contribution < -0.4 is 5.32 Å². The first-order valence-corrected chi connectivity index (χ1v) is 10.7. The van der Waals surface area contributed by atoms with Crippen molar-refractivity contribution in [1.82, 2.24) is 5.32 Å². The SMILES string of the molecule is O=C1C=C(Br)C(=O)C2=C1[C@@H](c1ccc(O)cc1Cl)C1=CC[C@@H]3C(=O)NC(=O)[C@@H]3[C@@H]1C2. The van der Waals surface area contributed by atoms with Gasteiger partial charge >= 0.3 is 0 Å². The number of ketones is 2. The van der Waals surface area contributed by atoms with Gasteiger partial charge in [-0.3, -0.25) is 24.5 Å². The Morgan fingerprint density at radius 2 is 1.87 bits per heavy atom. The number of rotatable bonds is 1. The number of benzene rings is 1. The maximum Gasteiger partial charge on any atom is 0.231 e. The van der Waals surface area contributed by atoms with Gasteiger partial charge in [0.25, 0.3) is 0 Å². The first-order valence-electron chi connectivity index (χ1n) is 9.50. The number of carbonyl (C=O) groups is 4. The summed E-state index contributed by atoms with van der Waals surface area (Å²) in [6.45, 7) is 0. The topological polar surface area (TPSA) is 101 Å². The second-order valence-electron chi connectivity index (χ2n) is 7.95. The Kier molecular flexibility index (Phi) is 4.38. The number of nitrogens with one attached hydrogen (secondary N) is 1. The minimum absolute atomic E-state index is 0.0162. The number of phenolic OH excluding ortho intramolecular Hbond substituents is 1. The van der Waals surface area contributed by atoms with E-state index in [2.05, 4.69) is 21.2 Å². The molecule has 1 saturated heterocycles. The van der Waals surface area contributed by atoms with Gasteiger partial charge in [0.15, 0.2) is 11.6 Å². The maximum absolute atomic E-state index is 13.0. The van der Waals surface area contributed by atoms with Crippen LogP contribution in [0.25, 0.3) is 0 Å². The summed E-state index contributed by atoms with van der Waals surface area (Å²) in [7, 11) is 0. The lowest BCUT2D eigenvalue weighted by Crippen LogP contribution is -2.39. The fourth-order valence-corrected chi connectivity index (χ4v) is 5.95. The molecule has 1 heterocycles. The van der Waals surface area contributed by atoms with Gasteiger partial charge in [0.1, 0.15) is 5.75 Å². The minimum atomic E-state index is -0.621. The summed E-state index contributed by atoms with van der Waals surface area (Å²) >= 11 is 9.61. The van der Waals surface area contributed by atoms with Crippen molar-refractivity contribution in [3.8, 4) is 5.75 Å². The average molecular weight is 489 g/mol. The van der Waals surface area contributed by atoms with E-state index in [0.29, 0.717) is 23.1 Å². The van der Waals surface area contributed by atoms with Gasteiger partial charge in [-0.05, 0) is 52.4 Å². The van der Waals surface area contributed by atoms with Crippen LogP contribution in [0.5, 0.6) is 5.75 Å². The van der Waals surface area contributed by atoms with Crippen LogP contribution in [0.1, 0.15) is 24.3 Å². The van der Waals surface area contributed by atoms with Crippen LogP contribution in [0.3, 0.4) is 0 Å². The molecule has 8 heteroatoms. The number of allylic oxidation sites excluding steroid dienone is 6. The molecule has 1 aliphatic heterocycles. The van der Waals surface area contributed by atoms with Crippen molar-refractivity contribution in [3.63, 3.8) is 0 Å². The first kappa shape index (κ1) is 19.5. The van der Waals surface area contributed by atoms with E-state index >= 15 is 0 Å². The van der Waals surface area contributed by atoms with Gasteiger partial charge in [0, 0.05) is 28.2 Å².